The second-order valence-corrected chi connectivity index (χ2v) is 7.87. The van der Waals surface area contributed by atoms with Gasteiger partial charge in [-0.25, -0.2) is 4.79 Å². The molecule has 26 heavy (non-hydrogen) atoms. The zero-order valence-electron chi connectivity index (χ0n) is 15.4. The van der Waals surface area contributed by atoms with Crippen LogP contribution in [0.3, 0.4) is 0 Å². The second kappa shape index (κ2) is 6.91. The third-order valence-corrected chi connectivity index (χ3v) is 6.00. The lowest BCUT2D eigenvalue weighted by Crippen LogP contribution is -2.48. The Kier molecular flexibility index (Phi) is 4.61. The van der Waals surface area contributed by atoms with Crippen LogP contribution in [0.5, 0.6) is 0 Å². The van der Waals surface area contributed by atoms with Crippen molar-refractivity contribution in [2.45, 2.75) is 37.2 Å². The monoisotopic (exact) mass is 357 g/mol. The van der Waals surface area contributed by atoms with Gasteiger partial charge < -0.3 is 19.9 Å². The van der Waals surface area contributed by atoms with E-state index in [-0.39, 0.29) is 12.0 Å². The first kappa shape index (κ1) is 17.3. The largest absolute Gasteiger partial charge is 0.441 e. The molecule has 4 rings (SSSR count). The summed E-state index contributed by atoms with van der Waals surface area (Å²) in [5.74, 6) is 0.581. The molecule has 0 aromatic heterocycles. The number of piperidine rings is 2. The normalized spacial score (nSPS) is 25.4. The van der Waals surface area contributed by atoms with Crippen LogP contribution in [0.1, 0.15) is 47.5 Å². The van der Waals surface area contributed by atoms with Crippen molar-refractivity contribution in [3.05, 3.63) is 35.4 Å². The van der Waals surface area contributed by atoms with Crippen molar-refractivity contribution in [2.75, 3.05) is 39.8 Å². The summed E-state index contributed by atoms with van der Waals surface area (Å²) in [6.45, 7) is 3.97. The summed E-state index contributed by atoms with van der Waals surface area (Å²) < 4.78 is 5.58. The number of benzene rings is 1. The zero-order valence-corrected chi connectivity index (χ0v) is 15.4. The van der Waals surface area contributed by atoms with Gasteiger partial charge in [0.1, 0.15) is 5.60 Å². The van der Waals surface area contributed by atoms with Crippen molar-refractivity contribution >= 4 is 12.0 Å². The predicted octanol–water partition coefficient (Wildman–Crippen LogP) is 2.21. The number of amides is 2. The van der Waals surface area contributed by atoms with Crippen LogP contribution in [0.15, 0.2) is 24.3 Å². The topological polar surface area (TPSA) is 61.9 Å². The lowest BCUT2D eigenvalue weighted by atomic mass is 9.89. The number of likely N-dealkylation sites (tertiary alicyclic amines) is 1. The summed E-state index contributed by atoms with van der Waals surface area (Å²) in [5, 5.41) is 3.44. The Morgan fingerprint density at radius 3 is 2.77 bits per heavy atom. The molecule has 2 amide bonds. The first-order valence-electron chi connectivity index (χ1n) is 9.60. The van der Waals surface area contributed by atoms with Gasteiger partial charge in [-0.2, -0.15) is 0 Å². The van der Waals surface area contributed by atoms with E-state index in [0.717, 1.165) is 18.7 Å². The van der Waals surface area contributed by atoms with E-state index in [1.54, 1.807) is 11.9 Å². The van der Waals surface area contributed by atoms with E-state index in [0.29, 0.717) is 38.4 Å². The van der Waals surface area contributed by atoms with Gasteiger partial charge in [0, 0.05) is 45.1 Å². The Labute approximate surface area is 154 Å². The molecule has 140 valence electrons. The summed E-state index contributed by atoms with van der Waals surface area (Å²) in [6, 6.07) is 8.10. The summed E-state index contributed by atoms with van der Waals surface area (Å²) in [7, 11) is 1.76. The molecule has 1 aromatic rings. The highest BCUT2D eigenvalue weighted by Gasteiger charge is 2.46. The maximum Gasteiger partial charge on any atom is 0.410 e. The van der Waals surface area contributed by atoms with E-state index in [1.165, 1.54) is 18.4 Å². The lowest BCUT2D eigenvalue weighted by Gasteiger charge is -2.37. The van der Waals surface area contributed by atoms with Crippen molar-refractivity contribution in [3.63, 3.8) is 0 Å². The molecule has 3 saturated heterocycles. The Morgan fingerprint density at radius 1 is 1.31 bits per heavy atom. The number of hydrogen-bond acceptors (Lipinski definition) is 4. The van der Waals surface area contributed by atoms with Crippen LogP contribution in [0.2, 0.25) is 0 Å². The minimum atomic E-state index is -0.405. The van der Waals surface area contributed by atoms with Gasteiger partial charge in [0.2, 0.25) is 0 Å². The van der Waals surface area contributed by atoms with Gasteiger partial charge in [-0.05, 0) is 43.0 Å². The SMILES string of the molecule is CN1CC2(CCN(C(=O)c3cccc([C@@H]4CCCNC4)c3)CC2)OC1=O. The van der Waals surface area contributed by atoms with Gasteiger partial charge in [-0.15, -0.1) is 0 Å². The number of ether oxygens (including phenoxy) is 1. The number of hydrogen-bond donors (Lipinski definition) is 1. The third kappa shape index (κ3) is 3.30. The summed E-state index contributed by atoms with van der Waals surface area (Å²) >= 11 is 0. The van der Waals surface area contributed by atoms with Crippen molar-refractivity contribution < 1.29 is 14.3 Å². The smallest absolute Gasteiger partial charge is 0.410 e. The lowest BCUT2D eigenvalue weighted by molar-refractivity contribution is 0.00317. The molecule has 1 spiro atoms. The molecule has 3 heterocycles. The van der Waals surface area contributed by atoms with Gasteiger partial charge in [0.15, 0.2) is 0 Å². The van der Waals surface area contributed by atoms with Gasteiger partial charge in [-0.1, -0.05) is 12.1 Å². The van der Waals surface area contributed by atoms with Crippen molar-refractivity contribution in [1.29, 1.82) is 0 Å². The number of rotatable bonds is 2. The van der Waals surface area contributed by atoms with Crippen LogP contribution in [-0.4, -0.2) is 67.2 Å². The summed E-state index contributed by atoms with van der Waals surface area (Å²) in [4.78, 5) is 28.2. The van der Waals surface area contributed by atoms with Crippen LogP contribution in [-0.2, 0) is 4.74 Å². The average Bonchev–Trinajstić information content (AvgIpc) is 2.96. The molecule has 1 atom stereocenters. The molecule has 6 nitrogen and oxygen atoms in total. The van der Waals surface area contributed by atoms with Gasteiger partial charge in [0.25, 0.3) is 5.91 Å². The molecule has 0 radical (unpaired) electrons. The quantitative estimate of drug-likeness (QED) is 0.882. The number of likely N-dealkylation sites (N-methyl/N-ethyl adjacent to an activating group) is 1. The van der Waals surface area contributed by atoms with Crippen LogP contribution in [0, 0.1) is 0 Å². The van der Waals surface area contributed by atoms with E-state index < -0.39 is 5.60 Å². The van der Waals surface area contributed by atoms with Crippen molar-refractivity contribution in [1.82, 2.24) is 15.1 Å². The van der Waals surface area contributed by atoms with Crippen molar-refractivity contribution in [3.8, 4) is 0 Å². The third-order valence-electron chi connectivity index (χ3n) is 6.00. The van der Waals surface area contributed by atoms with E-state index >= 15 is 0 Å². The van der Waals surface area contributed by atoms with E-state index in [4.69, 9.17) is 4.74 Å². The number of nitrogens with one attached hydrogen (secondary N) is 1. The van der Waals surface area contributed by atoms with E-state index in [1.807, 2.05) is 17.0 Å². The molecule has 1 N–H and O–H groups in total. The van der Waals surface area contributed by atoms with Crippen LogP contribution >= 0.6 is 0 Å². The van der Waals surface area contributed by atoms with Gasteiger partial charge >= 0.3 is 6.09 Å². The molecule has 3 aliphatic rings. The maximum absolute atomic E-state index is 13.0. The number of carbonyl (C=O) groups excluding carboxylic acids is 2. The molecule has 0 bridgehead atoms. The van der Waals surface area contributed by atoms with Crippen molar-refractivity contribution in [2.24, 2.45) is 0 Å². The predicted molar refractivity (Wildman–Crippen MR) is 98.3 cm³/mol. The molecular weight excluding hydrogens is 330 g/mol. The van der Waals surface area contributed by atoms with Crippen LogP contribution in [0.25, 0.3) is 0 Å². The molecular formula is C20H27N3O3. The van der Waals surface area contributed by atoms with Crippen LogP contribution < -0.4 is 5.32 Å². The van der Waals surface area contributed by atoms with Crippen LogP contribution in [0.4, 0.5) is 4.79 Å². The molecule has 0 unspecified atom stereocenters. The summed E-state index contributed by atoms with van der Waals surface area (Å²) in [6.07, 6.45) is 3.53. The first-order chi connectivity index (χ1) is 12.6. The molecule has 1 aromatic carbocycles. The molecule has 0 saturated carbocycles. The first-order valence-corrected chi connectivity index (χ1v) is 9.60. The maximum atomic E-state index is 13.0. The standard InChI is InChI=1S/C20H27N3O3/c1-22-14-20(26-19(22)25)7-10-23(11-8-20)18(24)16-5-2-4-15(12-16)17-6-3-9-21-13-17/h2,4-5,12,17,21H,3,6-11,13-14H2,1H3/t17-/m1/s1. The Morgan fingerprint density at radius 2 is 2.12 bits per heavy atom. The number of carbonyl (C=O) groups is 2. The fraction of sp³-hybridized carbons (Fsp3) is 0.600. The highest BCUT2D eigenvalue weighted by Crippen LogP contribution is 2.33. The highest BCUT2D eigenvalue weighted by molar-refractivity contribution is 5.94. The number of nitrogens with zero attached hydrogens (tertiary/aromatic N) is 2. The van der Waals surface area contributed by atoms with E-state index in [9.17, 15) is 9.59 Å². The summed E-state index contributed by atoms with van der Waals surface area (Å²) in [5.41, 5.74) is 1.62. The molecule has 3 fully saturated rings. The zero-order chi connectivity index (χ0) is 18.1. The van der Waals surface area contributed by atoms with Gasteiger partial charge in [0.05, 0.1) is 6.54 Å². The minimum absolute atomic E-state index is 0.0862. The Balaban J connectivity index is 1.41. The Hall–Kier alpha value is -2.08. The second-order valence-electron chi connectivity index (χ2n) is 7.87. The average molecular weight is 357 g/mol. The molecule has 3 aliphatic heterocycles. The fourth-order valence-corrected chi connectivity index (χ4v) is 4.41. The molecule has 0 aliphatic carbocycles. The van der Waals surface area contributed by atoms with Gasteiger partial charge in [-0.3, -0.25) is 4.79 Å². The molecule has 6 heteroatoms. The minimum Gasteiger partial charge on any atom is -0.441 e. The highest BCUT2D eigenvalue weighted by atomic mass is 16.6. The fourth-order valence-electron chi connectivity index (χ4n) is 4.41. The Bertz CT molecular complexity index is 691. The van der Waals surface area contributed by atoms with E-state index in [2.05, 4.69) is 17.4 Å².